The quantitative estimate of drug-likeness (QED) is 0.494. The number of nitrogens with zero attached hydrogens (tertiary/aromatic N) is 3. The number of methoxy groups -OCH3 is 2. The fraction of sp³-hybridized carbons (Fsp3) is 0.182. The van der Waals surface area contributed by atoms with Crippen molar-refractivity contribution >= 4 is 17.0 Å². The highest BCUT2D eigenvalue weighted by molar-refractivity contribution is 5.73. The van der Waals surface area contributed by atoms with Gasteiger partial charge in [-0.05, 0) is 36.8 Å². The Morgan fingerprint density at radius 2 is 1.77 bits per heavy atom. The number of anilines is 1. The van der Waals surface area contributed by atoms with Gasteiger partial charge in [-0.3, -0.25) is 9.78 Å². The molecule has 0 fully saturated rings. The second-order valence-corrected chi connectivity index (χ2v) is 6.84. The van der Waals surface area contributed by atoms with Crippen molar-refractivity contribution in [3.8, 4) is 17.2 Å². The van der Waals surface area contributed by atoms with Crippen LogP contribution in [0.25, 0.3) is 16.7 Å². The molecular formula is C22H21N5O4. The van der Waals surface area contributed by atoms with Crippen LogP contribution in [-0.2, 0) is 0 Å². The van der Waals surface area contributed by atoms with Crippen LogP contribution in [0.5, 0.6) is 11.5 Å². The highest BCUT2D eigenvalue weighted by Crippen LogP contribution is 2.30. The third-order valence-electron chi connectivity index (χ3n) is 4.92. The number of aromatic nitrogens is 4. The molecule has 2 aromatic heterocycles. The molecular weight excluding hydrogens is 398 g/mol. The summed E-state index contributed by atoms with van der Waals surface area (Å²) in [7, 11) is 3.15. The molecule has 31 heavy (non-hydrogen) atoms. The van der Waals surface area contributed by atoms with Crippen molar-refractivity contribution < 1.29 is 9.47 Å². The van der Waals surface area contributed by atoms with Crippen molar-refractivity contribution in [1.29, 1.82) is 0 Å². The molecule has 0 aliphatic carbocycles. The summed E-state index contributed by atoms with van der Waals surface area (Å²) in [6.45, 7) is 1.94. The third-order valence-corrected chi connectivity index (χ3v) is 4.92. The predicted octanol–water partition coefficient (Wildman–Crippen LogP) is 2.66. The van der Waals surface area contributed by atoms with E-state index in [2.05, 4.69) is 20.3 Å². The molecule has 9 heteroatoms. The van der Waals surface area contributed by atoms with Gasteiger partial charge < -0.3 is 14.8 Å². The van der Waals surface area contributed by atoms with E-state index in [0.29, 0.717) is 17.2 Å². The monoisotopic (exact) mass is 419 g/mol. The summed E-state index contributed by atoms with van der Waals surface area (Å²) in [5.74, 6) is 1.52. The first-order chi connectivity index (χ1) is 15.0. The Kier molecular flexibility index (Phi) is 5.40. The summed E-state index contributed by atoms with van der Waals surface area (Å²) >= 11 is 0. The van der Waals surface area contributed by atoms with Crippen molar-refractivity contribution in [2.24, 2.45) is 0 Å². The van der Waals surface area contributed by atoms with Gasteiger partial charge in [-0.2, -0.15) is 4.98 Å². The number of fused-ring (bicyclic) bond motifs is 1. The maximum atomic E-state index is 12.9. The summed E-state index contributed by atoms with van der Waals surface area (Å²) in [4.78, 5) is 36.6. The van der Waals surface area contributed by atoms with Gasteiger partial charge in [0.1, 0.15) is 5.39 Å². The number of ether oxygens (including phenoxy) is 2. The lowest BCUT2D eigenvalue weighted by Gasteiger charge is -2.16. The minimum Gasteiger partial charge on any atom is -0.493 e. The zero-order valence-electron chi connectivity index (χ0n) is 17.2. The van der Waals surface area contributed by atoms with E-state index >= 15 is 0 Å². The van der Waals surface area contributed by atoms with Gasteiger partial charge in [0.2, 0.25) is 5.95 Å². The van der Waals surface area contributed by atoms with Gasteiger partial charge in [0.25, 0.3) is 5.56 Å². The second-order valence-electron chi connectivity index (χ2n) is 6.84. The topological polar surface area (TPSA) is 111 Å². The smallest absolute Gasteiger partial charge is 0.334 e. The molecule has 4 rings (SSSR count). The van der Waals surface area contributed by atoms with Gasteiger partial charge in [0.15, 0.2) is 17.1 Å². The molecule has 0 saturated carbocycles. The maximum Gasteiger partial charge on any atom is 0.334 e. The summed E-state index contributed by atoms with van der Waals surface area (Å²) in [5, 5.41) is 3.39. The van der Waals surface area contributed by atoms with Gasteiger partial charge in [0, 0.05) is 6.20 Å². The lowest BCUT2D eigenvalue weighted by Crippen LogP contribution is -2.34. The number of benzene rings is 2. The molecule has 2 N–H and O–H groups in total. The van der Waals surface area contributed by atoms with Gasteiger partial charge in [-0.1, -0.05) is 24.3 Å². The maximum absolute atomic E-state index is 12.9. The van der Waals surface area contributed by atoms with Crippen LogP contribution >= 0.6 is 0 Å². The van der Waals surface area contributed by atoms with Crippen molar-refractivity contribution in [3.05, 3.63) is 81.1 Å². The Hall–Kier alpha value is -4.14. The third kappa shape index (κ3) is 3.85. The van der Waals surface area contributed by atoms with E-state index in [0.717, 1.165) is 10.1 Å². The lowest BCUT2D eigenvalue weighted by atomic mass is 10.1. The number of rotatable bonds is 6. The van der Waals surface area contributed by atoms with Crippen molar-refractivity contribution in [3.63, 3.8) is 0 Å². The molecule has 2 heterocycles. The van der Waals surface area contributed by atoms with Gasteiger partial charge in [-0.15, -0.1) is 0 Å². The molecule has 9 nitrogen and oxygen atoms in total. The molecule has 0 saturated heterocycles. The second kappa shape index (κ2) is 8.31. The highest BCUT2D eigenvalue weighted by Gasteiger charge is 2.14. The lowest BCUT2D eigenvalue weighted by molar-refractivity contribution is 0.354. The Morgan fingerprint density at radius 1 is 1.03 bits per heavy atom. The molecule has 0 amide bonds. The van der Waals surface area contributed by atoms with E-state index in [1.807, 2.05) is 31.2 Å². The molecule has 4 aromatic rings. The van der Waals surface area contributed by atoms with Crippen LogP contribution in [0, 0.1) is 0 Å². The summed E-state index contributed by atoms with van der Waals surface area (Å²) in [6.07, 6.45) is 1.41. The number of hydrogen-bond acceptors (Lipinski definition) is 7. The fourth-order valence-electron chi connectivity index (χ4n) is 3.28. The normalized spacial score (nSPS) is 11.8. The average molecular weight is 419 g/mol. The zero-order chi connectivity index (χ0) is 22.0. The summed E-state index contributed by atoms with van der Waals surface area (Å²) in [5.41, 5.74) is 0.513. The number of H-pyrrole nitrogens is 1. The largest absolute Gasteiger partial charge is 0.493 e. The van der Waals surface area contributed by atoms with E-state index in [4.69, 9.17) is 9.47 Å². The van der Waals surface area contributed by atoms with E-state index < -0.39 is 11.2 Å². The number of para-hydroxylation sites is 1. The highest BCUT2D eigenvalue weighted by atomic mass is 16.5. The molecule has 2 aromatic carbocycles. The Morgan fingerprint density at radius 3 is 2.48 bits per heavy atom. The Bertz CT molecular complexity index is 1350. The Balaban J connectivity index is 1.67. The average Bonchev–Trinajstić information content (AvgIpc) is 2.79. The minimum atomic E-state index is -0.568. The van der Waals surface area contributed by atoms with Gasteiger partial charge in [-0.25, -0.2) is 14.3 Å². The first-order valence-electron chi connectivity index (χ1n) is 9.57. The standard InChI is InChI=1S/C22H21N5O4/c1-13(14-9-10-17(30-2)18(11-14)31-3)24-21-23-12-16-19(25-21)26-22(29)27(20(16)28)15-7-5-4-6-8-15/h4-13H,1-3H3,(H2,23,24,25,26,29). The first-order valence-corrected chi connectivity index (χ1v) is 9.57. The molecule has 0 aliphatic heterocycles. The van der Waals surface area contributed by atoms with Gasteiger partial charge >= 0.3 is 5.69 Å². The first kappa shape index (κ1) is 20.1. The molecule has 0 spiro atoms. The van der Waals surface area contributed by atoms with Crippen LogP contribution in [0.1, 0.15) is 18.5 Å². The zero-order valence-corrected chi connectivity index (χ0v) is 17.2. The van der Waals surface area contributed by atoms with Crippen LogP contribution in [-0.4, -0.2) is 33.7 Å². The van der Waals surface area contributed by atoms with Crippen LogP contribution in [0.3, 0.4) is 0 Å². The van der Waals surface area contributed by atoms with E-state index in [1.165, 1.54) is 6.20 Å². The minimum absolute atomic E-state index is 0.166. The van der Waals surface area contributed by atoms with E-state index in [-0.39, 0.29) is 23.0 Å². The molecule has 1 unspecified atom stereocenters. The fourth-order valence-corrected chi connectivity index (χ4v) is 3.28. The predicted molar refractivity (Wildman–Crippen MR) is 117 cm³/mol. The molecule has 0 bridgehead atoms. The summed E-state index contributed by atoms with van der Waals surface area (Å²) < 4.78 is 11.7. The SMILES string of the molecule is COc1ccc(C(C)Nc2ncc3c(=O)n(-c4ccccc4)c(=O)[nH]c3n2)cc1OC. The van der Waals surface area contributed by atoms with Crippen molar-refractivity contribution in [2.45, 2.75) is 13.0 Å². The molecule has 0 radical (unpaired) electrons. The van der Waals surface area contributed by atoms with Gasteiger partial charge in [0.05, 0.1) is 25.9 Å². The van der Waals surface area contributed by atoms with Crippen LogP contribution in [0.15, 0.2) is 64.3 Å². The summed E-state index contributed by atoms with van der Waals surface area (Å²) in [6, 6.07) is 14.1. The number of nitrogens with one attached hydrogen (secondary N) is 2. The van der Waals surface area contributed by atoms with Crippen LogP contribution in [0.2, 0.25) is 0 Å². The van der Waals surface area contributed by atoms with E-state index in [1.54, 1.807) is 38.5 Å². The van der Waals surface area contributed by atoms with Crippen molar-refractivity contribution in [2.75, 3.05) is 19.5 Å². The van der Waals surface area contributed by atoms with E-state index in [9.17, 15) is 9.59 Å². The number of hydrogen-bond donors (Lipinski definition) is 2. The molecule has 158 valence electrons. The van der Waals surface area contributed by atoms with Crippen LogP contribution in [0.4, 0.5) is 5.95 Å². The van der Waals surface area contributed by atoms with Crippen molar-refractivity contribution in [1.82, 2.24) is 19.5 Å². The molecule has 0 aliphatic rings. The molecule has 1 atom stereocenters. The van der Waals surface area contributed by atoms with Crippen LogP contribution < -0.4 is 26.0 Å². The number of aromatic amines is 1. The Labute approximate surface area is 177 Å².